The molecule has 2 heterocycles. The Labute approximate surface area is 98.1 Å². The first-order valence-corrected chi connectivity index (χ1v) is 5.03. The maximum Gasteiger partial charge on any atom is 0.327 e. The number of nitriles is 1. The van der Waals surface area contributed by atoms with Gasteiger partial charge in [-0.05, 0) is 6.07 Å². The number of imide groups is 1. The molecule has 1 aliphatic rings. The molecule has 86 valence electrons. The van der Waals surface area contributed by atoms with Gasteiger partial charge < -0.3 is 4.90 Å². The molecule has 0 N–H and O–H groups in total. The van der Waals surface area contributed by atoms with Gasteiger partial charge in [-0.15, -0.1) is 0 Å². The lowest BCUT2D eigenvalue weighted by Gasteiger charge is -2.14. The molecule has 1 aliphatic heterocycles. The minimum Gasteiger partial charge on any atom is -0.318 e. The molecular formula is C11H10N4O2. The molecule has 1 saturated heterocycles. The molecule has 0 radical (unpaired) electrons. The van der Waals surface area contributed by atoms with E-state index in [-0.39, 0.29) is 30.7 Å². The molecular weight excluding hydrogens is 220 g/mol. The van der Waals surface area contributed by atoms with Gasteiger partial charge in [-0.2, -0.15) is 5.26 Å². The van der Waals surface area contributed by atoms with Crippen LogP contribution in [0.15, 0.2) is 18.3 Å². The largest absolute Gasteiger partial charge is 0.327 e. The summed E-state index contributed by atoms with van der Waals surface area (Å²) in [4.78, 5) is 29.6. The number of pyridine rings is 1. The Morgan fingerprint density at radius 1 is 1.53 bits per heavy atom. The number of hydrogen-bond acceptors (Lipinski definition) is 4. The predicted molar refractivity (Wildman–Crippen MR) is 57.5 cm³/mol. The van der Waals surface area contributed by atoms with E-state index in [2.05, 4.69) is 4.98 Å². The van der Waals surface area contributed by atoms with E-state index in [0.29, 0.717) is 5.56 Å². The van der Waals surface area contributed by atoms with Gasteiger partial charge in [0, 0.05) is 18.8 Å². The van der Waals surface area contributed by atoms with Gasteiger partial charge in [-0.1, -0.05) is 6.07 Å². The van der Waals surface area contributed by atoms with Gasteiger partial charge in [0.25, 0.3) is 5.91 Å². The van der Waals surface area contributed by atoms with Crippen molar-refractivity contribution in [1.29, 1.82) is 5.26 Å². The minimum absolute atomic E-state index is 0.0843. The van der Waals surface area contributed by atoms with Crippen molar-refractivity contribution in [2.24, 2.45) is 0 Å². The Hall–Kier alpha value is -2.42. The van der Waals surface area contributed by atoms with E-state index in [1.54, 1.807) is 19.2 Å². The first-order valence-electron chi connectivity index (χ1n) is 5.03. The maximum atomic E-state index is 11.6. The zero-order valence-electron chi connectivity index (χ0n) is 9.25. The molecule has 0 bridgehead atoms. The highest BCUT2D eigenvalue weighted by Crippen LogP contribution is 2.14. The second-order valence-electron chi connectivity index (χ2n) is 3.74. The van der Waals surface area contributed by atoms with E-state index in [1.165, 1.54) is 11.1 Å². The van der Waals surface area contributed by atoms with E-state index in [4.69, 9.17) is 5.26 Å². The summed E-state index contributed by atoms with van der Waals surface area (Å²) in [5.41, 5.74) is 0.814. The van der Waals surface area contributed by atoms with Crippen molar-refractivity contribution < 1.29 is 9.59 Å². The van der Waals surface area contributed by atoms with Crippen molar-refractivity contribution in [3.8, 4) is 6.07 Å². The van der Waals surface area contributed by atoms with E-state index in [9.17, 15) is 9.59 Å². The fourth-order valence-corrected chi connectivity index (χ4v) is 1.66. The van der Waals surface area contributed by atoms with Gasteiger partial charge in [-0.25, -0.2) is 9.78 Å². The van der Waals surface area contributed by atoms with Gasteiger partial charge in [0.1, 0.15) is 18.3 Å². The molecule has 2 rings (SSSR count). The van der Waals surface area contributed by atoms with Crippen molar-refractivity contribution in [1.82, 2.24) is 14.8 Å². The molecule has 0 aliphatic carbocycles. The van der Waals surface area contributed by atoms with Crippen LogP contribution in [0.4, 0.5) is 4.79 Å². The van der Waals surface area contributed by atoms with Crippen LogP contribution in [0.5, 0.6) is 0 Å². The Morgan fingerprint density at radius 2 is 2.29 bits per heavy atom. The van der Waals surface area contributed by atoms with Gasteiger partial charge in [-0.3, -0.25) is 9.69 Å². The number of carbonyl (C=O) groups is 2. The SMILES string of the molecule is CN1CC(=O)N(Cc2cccnc2C#N)C1=O. The average Bonchev–Trinajstić information content (AvgIpc) is 2.57. The van der Waals surface area contributed by atoms with Crippen molar-refractivity contribution in [3.05, 3.63) is 29.6 Å². The van der Waals surface area contributed by atoms with Crippen LogP contribution >= 0.6 is 0 Å². The number of likely N-dealkylation sites (N-methyl/N-ethyl adjacent to an activating group) is 1. The Kier molecular flexibility index (Phi) is 2.75. The second kappa shape index (κ2) is 4.22. The van der Waals surface area contributed by atoms with Crippen LogP contribution in [0, 0.1) is 11.3 Å². The number of urea groups is 1. The molecule has 0 spiro atoms. The van der Waals surface area contributed by atoms with Crippen molar-refractivity contribution in [2.75, 3.05) is 13.6 Å². The van der Waals surface area contributed by atoms with E-state index < -0.39 is 0 Å². The lowest BCUT2D eigenvalue weighted by Crippen LogP contribution is -2.31. The minimum atomic E-state index is -0.345. The van der Waals surface area contributed by atoms with E-state index >= 15 is 0 Å². The number of aromatic nitrogens is 1. The predicted octanol–water partition coefficient (Wildman–Crippen LogP) is 0.347. The third-order valence-corrected chi connectivity index (χ3v) is 2.56. The van der Waals surface area contributed by atoms with Crippen LogP contribution in [0.2, 0.25) is 0 Å². The summed E-state index contributed by atoms with van der Waals surface area (Å²) in [5.74, 6) is -0.259. The van der Waals surface area contributed by atoms with Gasteiger partial charge >= 0.3 is 6.03 Å². The highest BCUT2D eigenvalue weighted by Gasteiger charge is 2.33. The topological polar surface area (TPSA) is 77.3 Å². The molecule has 17 heavy (non-hydrogen) atoms. The molecule has 0 atom stereocenters. The number of amides is 3. The van der Waals surface area contributed by atoms with Crippen LogP contribution in [0.3, 0.4) is 0 Å². The van der Waals surface area contributed by atoms with Crippen LogP contribution in [0.1, 0.15) is 11.3 Å². The lowest BCUT2D eigenvalue weighted by molar-refractivity contribution is -0.125. The smallest absolute Gasteiger partial charge is 0.318 e. The third kappa shape index (κ3) is 1.95. The summed E-state index contributed by atoms with van der Waals surface area (Å²) in [6, 6.07) is 4.95. The molecule has 3 amide bonds. The maximum absolute atomic E-state index is 11.6. The normalized spacial score (nSPS) is 15.3. The number of nitrogens with zero attached hydrogens (tertiary/aromatic N) is 4. The van der Waals surface area contributed by atoms with E-state index in [1.807, 2.05) is 6.07 Å². The molecule has 0 saturated carbocycles. The first-order chi connectivity index (χ1) is 8.13. The molecule has 1 aromatic rings. The molecule has 0 aromatic carbocycles. The zero-order chi connectivity index (χ0) is 12.4. The first kappa shape index (κ1) is 11.1. The lowest BCUT2D eigenvalue weighted by atomic mass is 10.2. The van der Waals surface area contributed by atoms with Gasteiger partial charge in [0.05, 0.1) is 6.54 Å². The van der Waals surface area contributed by atoms with Crippen LogP contribution in [0.25, 0.3) is 0 Å². The van der Waals surface area contributed by atoms with Crippen LogP contribution in [-0.2, 0) is 11.3 Å². The fraction of sp³-hybridized carbons (Fsp3) is 0.273. The summed E-state index contributed by atoms with van der Waals surface area (Å²) in [7, 11) is 1.56. The number of hydrogen-bond donors (Lipinski definition) is 0. The van der Waals surface area contributed by atoms with Gasteiger partial charge in [0.15, 0.2) is 0 Å². The molecule has 1 fully saturated rings. The van der Waals surface area contributed by atoms with Crippen LogP contribution in [-0.4, -0.2) is 40.3 Å². The quantitative estimate of drug-likeness (QED) is 0.687. The Bertz CT molecular complexity index is 520. The zero-order valence-corrected chi connectivity index (χ0v) is 9.25. The summed E-state index contributed by atoms with van der Waals surface area (Å²) in [6.45, 7) is 0.180. The second-order valence-corrected chi connectivity index (χ2v) is 3.74. The van der Waals surface area contributed by atoms with Crippen molar-refractivity contribution >= 4 is 11.9 Å². The fourth-order valence-electron chi connectivity index (χ4n) is 1.66. The molecule has 6 nitrogen and oxygen atoms in total. The van der Waals surface area contributed by atoms with Crippen molar-refractivity contribution in [2.45, 2.75) is 6.54 Å². The summed E-state index contributed by atoms with van der Waals surface area (Å²) in [6.07, 6.45) is 1.50. The molecule has 1 aromatic heterocycles. The highest BCUT2D eigenvalue weighted by atomic mass is 16.2. The number of carbonyl (C=O) groups excluding carboxylic acids is 2. The summed E-state index contributed by atoms with van der Waals surface area (Å²) < 4.78 is 0. The summed E-state index contributed by atoms with van der Waals surface area (Å²) in [5, 5.41) is 8.86. The molecule has 0 unspecified atom stereocenters. The standard InChI is InChI=1S/C11H10N4O2/c1-14-7-10(16)15(11(14)17)6-8-3-2-4-13-9(8)5-12/h2-4H,6-7H2,1H3. The van der Waals surface area contributed by atoms with Crippen LogP contribution < -0.4 is 0 Å². The average molecular weight is 230 g/mol. The Morgan fingerprint density at radius 3 is 2.88 bits per heavy atom. The third-order valence-electron chi connectivity index (χ3n) is 2.56. The Balaban J connectivity index is 2.25. The van der Waals surface area contributed by atoms with Gasteiger partial charge in [0.2, 0.25) is 0 Å². The summed E-state index contributed by atoms with van der Waals surface area (Å²) >= 11 is 0. The highest BCUT2D eigenvalue weighted by molar-refractivity contribution is 6.01. The molecule has 6 heteroatoms. The number of rotatable bonds is 2. The van der Waals surface area contributed by atoms with Crippen molar-refractivity contribution in [3.63, 3.8) is 0 Å². The van der Waals surface area contributed by atoms with E-state index in [0.717, 1.165) is 4.90 Å². The monoisotopic (exact) mass is 230 g/mol.